The number of rotatable bonds is 5. The van der Waals surface area contributed by atoms with Crippen LogP contribution in [0.5, 0.6) is 5.75 Å². The van der Waals surface area contributed by atoms with Gasteiger partial charge in [0.1, 0.15) is 11.6 Å². The highest BCUT2D eigenvalue weighted by Gasteiger charge is 2.34. The predicted octanol–water partition coefficient (Wildman–Crippen LogP) is 1.18. The molecule has 3 rings (SSSR count). The van der Waals surface area contributed by atoms with E-state index in [1.165, 1.54) is 0 Å². The maximum absolute atomic E-state index is 12.6. The van der Waals surface area contributed by atoms with E-state index in [0.717, 1.165) is 22.7 Å². The number of nitrogens with one attached hydrogen (secondary N) is 3. The van der Waals surface area contributed by atoms with Gasteiger partial charge in [-0.25, -0.2) is 15.4 Å². The van der Waals surface area contributed by atoms with Crippen molar-refractivity contribution in [1.82, 2.24) is 26.1 Å². The van der Waals surface area contributed by atoms with Gasteiger partial charge in [0.05, 0.1) is 25.6 Å². The molecule has 2 heterocycles. The van der Waals surface area contributed by atoms with E-state index in [1.54, 1.807) is 7.11 Å². The number of carbonyl (C=O) groups excluding carboxylic acids is 1. The zero-order valence-electron chi connectivity index (χ0n) is 14.7. The van der Waals surface area contributed by atoms with Gasteiger partial charge < -0.3 is 10.1 Å². The lowest BCUT2D eigenvalue weighted by Gasteiger charge is -2.19. The summed E-state index contributed by atoms with van der Waals surface area (Å²) in [7, 11) is 1.63. The third-order valence-corrected chi connectivity index (χ3v) is 4.22. The Morgan fingerprint density at radius 1 is 1.28 bits per heavy atom. The van der Waals surface area contributed by atoms with Crippen molar-refractivity contribution in [2.75, 3.05) is 13.7 Å². The Labute approximate surface area is 147 Å². The number of benzene rings is 1. The highest BCUT2D eigenvalue weighted by Crippen LogP contribution is 2.27. The number of carbonyl (C=O) groups is 1. The number of hydrogen-bond donors (Lipinski definition) is 3. The van der Waals surface area contributed by atoms with E-state index >= 15 is 0 Å². The number of ether oxygens (including phenoxy) is 1. The monoisotopic (exact) mass is 341 g/mol. The van der Waals surface area contributed by atoms with Crippen LogP contribution in [0.4, 0.5) is 0 Å². The van der Waals surface area contributed by atoms with Crippen LogP contribution in [-0.2, 0) is 11.3 Å². The Morgan fingerprint density at radius 3 is 2.76 bits per heavy atom. The van der Waals surface area contributed by atoms with E-state index in [0.29, 0.717) is 18.9 Å². The molecule has 1 amide bonds. The fraction of sp³-hybridized carbons (Fsp3) is 0.389. The van der Waals surface area contributed by atoms with Crippen LogP contribution < -0.4 is 20.9 Å². The molecular weight excluding hydrogens is 318 g/mol. The van der Waals surface area contributed by atoms with Gasteiger partial charge in [0.25, 0.3) is 0 Å². The van der Waals surface area contributed by atoms with Crippen molar-refractivity contribution in [3.63, 3.8) is 0 Å². The molecule has 2 atom stereocenters. The van der Waals surface area contributed by atoms with Gasteiger partial charge in [-0.05, 0) is 37.6 Å². The van der Waals surface area contributed by atoms with Crippen molar-refractivity contribution in [2.24, 2.45) is 5.92 Å². The van der Waals surface area contributed by atoms with Gasteiger partial charge in [0.15, 0.2) is 0 Å². The van der Waals surface area contributed by atoms with Crippen LogP contribution in [0, 0.1) is 19.8 Å². The number of aryl methyl sites for hydroxylation is 2. The van der Waals surface area contributed by atoms with Crippen molar-refractivity contribution in [3.05, 3.63) is 53.1 Å². The first-order valence-electron chi connectivity index (χ1n) is 8.28. The molecule has 1 aliphatic heterocycles. The second-order valence-electron chi connectivity index (χ2n) is 6.17. The predicted molar refractivity (Wildman–Crippen MR) is 93.7 cm³/mol. The molecule has 7 nitrogen and oxygen atoms in total. The van der Waals surface area contributed by atoms with Crippen molar-refractivity contribution >= 4 is 5.91 Å². The maximum Gasteiger partial charge on any atom is 0.226 e. The molecule has 0 saturated carbocycles. The second kappa shape index (κ2) is 7.58. The molecule has 2 unspecified atom stereocenters. The molecule has 7 heteroatoms. The average molecular weight is 341 g/mol. The summed E-state index contributed by atoms with van der Waals surface area (Å²) >= 11 is 0. The van der Waals surface area contributed by atoms with Crippen LogP contribution in [-0.4, -0.2) is 29.5 Å². The highest BCUT2D eigenvalue weighted by molar-refractivity contribution is 5.80. The molecule has 1 aromatic carbocycles. The van der Waals surface area contributed by atoms with Crippen LogP contribution >= 0.6 is 0 Å². The van der Waals surface area contributed by atoms with E-state index in [-0.39, 0.29) is 17.9 Å². The molecular formula is C18H23N5O2. The second-order valence-corrected chi connectivity index (χ2v) is 6.17. The summed E-state index contributed by atoms with van der Waals surface area (Å²) in [6, 6.07) is 9.54. The van der Waals surface area contributed by atoms with Crippen molar-refractivity contribution in [3.8, 4) is 5.75 Å². The summed E-state index contributed by atoms with van der Waals surface area (Å²) in [6.07, 6.45) is 0. The zero-order chi connectivity index (χ0) is 17.8. The molecule has 0 radical (unpaired) electrons. The normalized spacial score (nSPS) is 19.6. The lowest BCUT2D eigenvalue weighted by molar-refractivity contribution is -0.125. The molecule has 25 heavy (non-hydrogen) atoms. The van der Waals surface area contributed by atoms with Gasteiger partial charge in [-0.15, -0.1) is 0 Å². The minimum absolute atomic E-state index is 0.0342. The summed E-state index contributed by atoms with van der Waals surface area (Å²) in [6.45, 7) is 4.72. The van der Waals surface area contributed by atoms with Gasteiger partial charge >= 0.3 is 0 Å². The van der Waals surface area contributed by atoms with Gasteiger partial charge in [-0.1, -0.05) is 12.1 Å². The van der Waals surface area contributed by atoms with Crippen molar-refractivity contribution < 1.29 is 9.53 Å². The van der Waals surface area contributed by atoms with Gasteiger partial charge in [-0.3, -0.25) is 10.2 Å². The Morgan fingerprint density at radius 2 is 2.04 bits per heavy atom. The van der Waals surface area contributed by atoms with E-state index in [9.17, 15) is 4.79 Å². The van der Waals surface area contributed by atoms with E-state index in [4.69, 9.17) is 4.74 Å². The smallest absolute Gasteiger partial charge is 0.226 e. The summed E-state index contributed by atoms with van der Waals surface area (Å²) in [5.74, 6) is 1.14. The first-order valence-corrected chi connectivity index (χ1v) is 8.28. The Kier molecular flexibility index (Phi) is 5.25. The zero-order valence-corrected chi connectivity index (χ0v) is 14.7. The van der Waals surface area contributed by atoms with Gasteiger partial charge in [-0.2, -0.15) is 0 Å². The summed E-state index contributed by atoms with van der Waals surface area (Å²) < 4.78 is 5.27. The maximum atomic E-state index is 12.6. The average Bonchev–Trinajstić information content (AvgIpc) is 3.09. The molecule has 3 N–H and O–H groups in total. The molecule has 1 fully saturated rings. The molecule has 0 aliphatic carbocycles. The van der Waals surface area contributed by atoms with E-state index in [1.807, 2.05) is 44.2 Å². The van der Waals surface area contributed by atoms with Gasteiger partial charge in [0.2, 0.25) is 5.91 Å². The van der Waals surface area contributed by atoms with Crippen molar-refractivity contribution in [2.45, 2.75) is 26.4 Å². The first-order chi connectivity index (χ1) is 12.1. The fourth-order valence-corrected chi connectivity index (χ4v) is 3.07. The Bertz CT molecular complexity index is 745. The van der Waals surface area contributed by atoms with E-state index < -0.39 is 0 Å². The van der Waals surface area contributed by atoms with Crippen LogP contribution in [0.25, 0.3) is 0 Å². The molecule has 1 saturated heterocycles. The summed E-state index contributed by atoms with van der Waals surface area (Å²) in [4.78, 5) is 21.4. The van der Waals surface area contributed by atoms with Crippen LogP contribution in [0.2, 0.25) is 0 Å². The lowest BCUT2D eigenvalue weighted by atomic mass is 9.94. The Balaban J connectivity index is 1.68. The third-order valence-electron chi connectivity index (χ3n) is 4.22. The number of hydrogen-bond acceptors (Lipinski definition) is 6. The summed E-state index contributed by atoms with van der Waals surface area (Å²) in [5, 5.41) is 2.95. The Hall–Kier alpha value is -2.51. The topological polar surface area (TPSA) is 88.2 Å². The van der Waals surface area contributed by atoms with Crippen LogP contribution in [0.1, 0.15) is 28.8 Å². The molecule has 132 valence electrons. The largest absolute Gasteiger partial charge is 0.497 e. The fourth-order valence-electron chi connectivity index (χ4n) is 3.07. The number of amides is 1. The molecule has 0 bridgehead atoms. The molecule has 0 spiro atoms. The first kappa shape index (κ1) is 17.3. The highest BCUT2D eigenvalue weighted by atomic mass is 16.5. The SMILES string of the molecule is COc1cccc(C2NNCC2C(=O)NCc2nc(C)cc(C)n2)c1. The lowest BCUT2D eigenvalue weighted by Crippen LogP contribution is -2.35. The standard InChI is InChI=1S/C18H23N5O2/c1-11-7-12(2)22-16(21-11)10-19-18(24)15-9-20-23-17(15)13-5-4-6-14(8-13)25-3/h4-8,15,17,20,23H,9-10H2,1-3H3,(H,19,24). The van der Waals surface area contributed by atoms with Gasteiger partial charge in [0, 0.05) is 17.9 Å². The summed E-state index contributed by atoms with van der Waals surface area (Å²) in [5.41, 5.74) is 9.05. The number of aromatic nitrogens is 2. The van der Waals surface area contributed by atoms with Crippen LogP contribution in [0.15, 0.2) is 30.3 Å². The van der Waals surface area contributed by atoms with E-state index in [2.05, 4.69) is 26.1 Å². The minimum Gasteiger partial charge on any atom is -0.497 e. The number of nitrogens with zero attached hydrogens (tertiary/aromatic N) is 2. The number of hydrazine groups is 1. The molecule has 2 aromatic rings. The quantitative estimate of drug-likeness (QED) is 0.757. The van der Waals surface area contributed by atoms with Crippen LogP contribution in [0.3, 0.4) is 0 Å². The molecule has 1 aromatic heterocycles. The third kappa shape index (κ3) is 4.12. The van der Waals surface area contributed by atoms with Crippen molar-refractivity contribution in [1.29, 1.82) is 0 Å². The number of methoxy groups -OCH3 is 1. The molecule has 1 aliphatic rings. The minimum atomic E-state index is -0.224.